The van der Waals surface area contributed by atoms with Crippen LogP contribution in [-0.4, -0.2) is 12.0 Å². The van der Waals surface area contributed by atoms with Crippen molar-refractivity contribution in [3.8, 4) is 5.75 Å². The lowest BCUT2D eigenvalue weighted by Crippen LogP contribution is -2.33. The van der Waals surface area contributed by atoms with Crippen LogP contribution in [0.1, 0.15) is 44.2 Å². The largest absolute Gasteiger partial charge is 0.481 e. The van der Waals surface area contributed by atoms with Gasteiger partial charge in [-0.15, -0.1) is 0 Å². The van der Waals surface area contributed by atoms with E-state index in [1.165, 1.54) is 0 Å². The molecule has 2 aromatic rings. The monoisotopic (exact) mass is 345 g/mol. The number of ether oxygens (including phenoxy) is 1. The van der Waals surface area contributed by atoms with E-state index in [2.05, 4.69) is 19.2 Å². The zero-order valence-corrected chi connectivity index (χ0v) is 15.4. The van der Waals surface area contributed by atoms with Gasteiger partial charge in [-0.25, -0.2) is 0 Å². The second-order valence-corrected chi connectivity index (χ2v) is 6.59. The average molecular weight is 346 g/mol. The molecule has 0 saturated heterocycles. The van der Waals surface area contributed by atoms with E-state index in [4.69, 9.17) is 16.3 Å². The maximum atomic E-state index is 12.7. The second-order valence-electron chi connectivity index (χ2n) is 6.16. The van der Waals surface area contributed by atoms with Gasteiger partial charge in [0.25, 0.3) is 5.91 Å². The summed E-state index contributed by atoms with van der Waals surface area (Å²) >= 11 is 5.98. The molecule has 3 nitrogen and oxygen atoms in total. The fraction of sp³-hybridized carbons (Fsp3) is 0.350. The van der Waals surface area contributed by atoms with Crippen LogP contribution in [-0.2, 0) is 4.79 Å². The molecule has 0 aliphatic heterocycles. The number of nitrogens with one attached hydrogen (secondary N) is 1. The summed E-state index contributed by atoms with van der Waals surface area (Å²) in [4.78, 5) is 12.7. The van der Waals surface area contributed by atoms with Gasteiger partial charge < -0.3 is 10.1 Å². The number of aryl methyl sites for hydroxylation is 1. The van der Waals surface area contributed by atoms with Crippen molar-refractivity contribution in [3.63, 3.8) is 0 Å². The van der Waals surface area contributed by atoms with E-state index in [-0.39, 0.29) is 5.91 Å². The average Bonchev–Trinajstić information content (AvgIpc) is 2.54. The first-order valence-electron chi connectivity index (χ1n) is 8.25. The summed E-state index contributed by atoms with van der Waals surface area (Å²) < 4.78 is 5.82. The highest BCUT2D eigenvalue weighted by Crippen LogP contribution is 2.28. The Bertz CT molecular complexity index is 713. The molecule has 0 radical (unpaired) electrons. The van der Waals surface area contributed by atoms with Gasteiger partial charge in [0.05, 0.1) is 0 Å². The Kier molecular flexibility index (Phi) is 6.27. The third-order valence-corrected chi connectivity index (χ3v) is 4.15. The number of carbonyl (C=O) groups is 1. The zero-order valence-electron chi connectivity index (χ0n) is 14.6. The number of carbonyl (C=O) groups excluding carboxylic acids is 1. The predicted octanol–water partition coefficient (Wildman–Crippen LogP) is 5.57. The molecule has 0 aliphatic rings. The van der Waals surface area contributed by atoms with Crippen molar-refractivity contribution in [1.29, 1.82) is 0 Å². The highest BCUT2D eigenvalue weighted by molar-refractivity contribution is 6.30. The highest BCUT2D eigenvalue weighted by Gasteiger charge is 2.21. The van der Waals surface area contributed by atoms with Gasteiger partial charge in [0.2, 0.25) is 0 Å². The van der Waals surface area contributed by atoms with E-state index in [0.29, 0.717) is 23.1 Å². The van der Waals surface area contributed by atoms with E-state index < -0.39 is 6.10 Å². The number of hydrogen-bond donors (Lipinski definition) is 1. The molecule has 24 heavy (non-hydrogen) atoms. The van der Waals surface area contributed by atoms with Crippen LogP contribution in [0.3, 0.4) is 0 Å². The molecule has 1 amide bonds. The Morgan fingerprint density at radius 3 is 2.54 bits per heavy atom. The minimum atomic E-state index is -0.567. The van der Waals surface area contributed by atoms with Gasteiger partial charge in [-0.05, 0) is 48.6 Å². The van der Waals surface area contributed by atoms with Crippen molar-refractivity contribution in [2.24, 2.45) is 0 Å². The van der Waals surface area contributed by atoms with Gasteiger partial charge in [-0.2, -0.15) is 0 Å². The maximum absolute atomic E-state index is 12.7. The second kappa shape index (κ2) is 8.20. The maximum Gasteiger partial charge on any atom is 0.265 e. The van der Waals surface area contributed by atoms with Crippen LogP contribution < -0.4 is 10.1 Å². The van der Waals surface area contributed by atoms with Crippen LogP contribution in [0.25, 0.3) is 0 Å². The van der Waals surface area contributed by atoms with Gasteiger partial charge >= 0.3 is 0 Å². The lowest BCUT2D eigenvalue weighted by molar-refractivity contribution is -0.122. The summed E-state index contributed by atoms with van der Waals surface area (Å²) in [5, 5.41) is 3.64. The molecule has 0 heterocycles. The molecule has 0 unspecified atom stereocenters. The van der Waals surface area contributed by atoms with Crippen molar-refractivity contribution in [1.82, 2.24) is 0 Å². The third kappa shape index (κ3) is 4.51. The van der Waals surface area contributed by atoms with Crippen molar-refractivity contribution >= 4 is 23.2 Å². The summed E-state index contributed by atoms with van der Waals surface area (Å²) in [6, 6.07) is 13.2. The Morgan fingerprint density at radius 1 is 1.21 bits per heavy atom. The van der Waals surface area contributed by atoms with E-state index in [1.807, 2.05) is 32.0 Å². The normalized spacial score (nSPS) is 12.1. The molecule has 0 fully saturated rings. The fourth-order valence-corrected chi connectivity index (χ4v) is 2.75. The number of para-hydroxylation sites is 1. The Labute approximate surface area is 149 Å². The number of rotatable bonds is 6. The van der Waals surface area contributed by atoms with Crippen LogP contribution in [0, 0.1) is 6.92 Å². The first-order valence-corrected chi connectivity index (χ1v) is 8.62. The van der Waals surface area contributed by atoms with Crippen LogP contribution >= 0.6 is 11.6 Å². The van der Waals surface area contributed by atoms with Crippen molar-refractivity contribution in [3.05, 3.63) is 58.6 Å². The molecule has 0 aliphatic carbocycles. The van der Waals surface area contributed by atoms with Crippen molar-refractivity contribution in [2.45, 2.75) is 46.1 Å². The van der Waals surface area contributed by atoms with E-state index in [9.17, 15) is 4.79 Å². The van der Waals surface area contributed by atoms with Crippen LogP contribution in [0.4, 0.5) is 5.69 Å². The van der Waals surface area contributed by atoms with E-state index in [0.717, 1.165) is 16.8 Å². The number of halogens is 1. The van der Waals surface area contributed by atoms with Gasteiger partial charge in [0.15, 0.2) is 6.10 Å². The molecule has 128 valence electrons. The highest BCUT2D eigenvalue weighted by atomic mass is 35.5. The molecule has 0 spiro atoms. The fourth-order valence-electron chi connectivity index (χ4n) is 2.57. The molecule has 1 N–H and O–H groups in total. The third-order valence-electron chi connectivity index (χ3n) is 3.91. The van der Waals surface area contributed by atoms with Gasteiger partial charge in [0.1, 0.15) is 5.75 Å². The molecule has 2 rings (SSSR count). The summed E-state index contributed by atoms with van der Waals surface area (Å²) in [6.07, 6.45) is 0.00409. The molecule has 4 heteroatoms. The molecule has 2 aromatic carbocycles. The van der Waals surface area contributed by atoms with Gasteiger partial charge in [-0.3, -0.25) is 4.79 Å². The van der Waals surface area contributed by atoms with E-state index in [1.54, 1.807) is 24.3 Å². The molecule has 0 aromatic heterocycles. The van der Waals surface area contributed by atoms with Crippen LogP contribution in [0.15, 0.2) is 42.5 Å². The summed E-state index contributed by atoms with van der Waals surface area (Å²) in [7, 11) is 0. The molecular formula is C20H24ClNO2. The zero-order chi connectivity index (χ0) is 17.7. The minimum absolute atomic E-state index is 0.145. The van der Waals surface area contributed by atoms with Crippen molar-refractivity contribution in [2.75, 3.05) is 5.32 Å². The van der Waals surface area contributed by atoms with E-state index >= 15 is 0 Å². The topological polar surface area (TPSA) is 38.3 Å². The number of benzene rings is 2. The number of anilines is 1. The quantitative estimate of drug-likeness (QED) is 0.743. The van der Waals surface area contributed by atoms with Gasteiger partial charge in [0, 0.05) is 10.7 Å². The summed E-state index contributed by atoms with van der Waals surface area (Å²) in [6.45, 7) is 8.16. The lowest BCUT2D eigenvalue weighted by Gasteiger charge is -2.21. The number of amides is 1. The Balaban J connectivity index is 2.18. The lowest BCUT2D eigenvalue weighted by atomic mass is 9.98. The standard InChI is InChI=1S/C20H24ClNO2/c1-5-18(24-16-10-7-9-15(21)12-16)20(23)22-19-14(4)8-6-11-17(19)13(2)3/h6-13,18H,5H2,1-4H3,(H,22,23)/t18-/m1/s1. The van der Waals surface area contributed by atoms with Crippen LogP contribution in [0.2, 0.25) is 5.02 Å². The first-order chi connectivity index (χ1) is 11.4. The van der Waals surface area contributed by atoms with Gasteiger partial charge in [-0.1, -0.05) is 56.6 Å². The summed E-state index contributed by atoms with van der Waals surface area (Å²) in [5.74, 6) is 0.779. The van der Waals surface area contributed by atoms with Crippen LogP contribution in [0.5, 0.6) is 5.75 Å². The summed E-state index contributed by atoms with van der Waals surface area (Å²) in [5.41, 5.74) is 3.05. The predicted molar refractivity (Wildman–Crippen MR) is 100 cm³/mol. The molecular weight excluding hydrogens is 322 g/mol. The Morgan fingerprint density at radius 2 is 1.92 bits per heavy atom. The Hall–Kier alpha value is -2.00. The minimum Gasteiger partial charge on any atom is -0.481 e. The number of hydrogen-bond acceptors (Lipinski definition) is 2. The molecule has 0 bridgehead atoms. The van der Waals surface area contributed by atoms with Crippen molar-refractivity contribution < 1.29 is 9.53 Å². The molecule has 1 atom stereocenters. The first kappa shape index (κ1) is 18.3. The SMILES string of the molecule is CC[C@@H](Oc1cccc(Cl)c1)C(=O)Nc1c(C)cccc1C(C)C. The molecule has 0 saturated carbocycles. The smallest absolute Gasteiger partial charge is 0.265 e.